The van der Waals surface area contributed by atoms with E-state index in [9.17, 15) is 4.79 Å². The van der Waals surface area contributed by atoms with Crippen LogP contribution in [0.25, 0.3) is 6.08 Å². The van der Waals surface area contributed by atoms with Gasteiger partial charge in [0.05, 0.1) is 6.61 Å². The van der Waals surface area contributed by atoms with Crippen molar-refractivity contribution in [1.29, 1.82) is 0 Å². The van der Waals surface area contributed by atoms with Crippen molar-refractivity contribution in [2.45, 2.75) is 31.3 Å². The van der Waals surface area contributed by atoms with Crippen molar-refractivity contribution >= 4 is 12.0 Å². The molecule has 0 aliphatic heterocycles. The van der Waals surface area contributed by atoms with Crippen LogP contribution in [-0.2, 0) is 25.6 Å². The van der Waals surface area contributed by atoms with E-state index >= 15 is 0 Å². The smallest absolute Gasteiger partial charge is 0.331 e. The van der Waals surface area contributed by atoms with E-state index in [-0.39, 0.29) is 0 Å². The van der Waals surface area contributed by atoms with Gasteiger partial charge in [-0.1, -0.05) is 97.1 Å². The largest absolute Gasteiger partial charge is 0.456 e. The summed E-state index contributed by atoms with van der Waals surface area (Å²) in [7, 11) is 1.64. The van der Waals surface area contributed by atoms with E-state index in [1.165, 1.54) is 6.08 Å². The summed E-state index contributed by atoms with van der Waals surface area (Å²) < 4.78 is 18.1. The minimum absolute atomic E-state index is 0.364. The van der Waals surface area contributed by atoms with Crippen LogP contribution in [-0.4, -0.2) is 25.3 Å². The summed E-state index contributed by atoms with van der Waals surface area (Å²) in [5.74, 6) is -0.443. The monoisotopic (exact) mass is 442 g/mol. The third kappa shape index (κ3) is 7.56. The quantitative estimate of drug-likeness (QED) is 0.191. The number of benzene rings is 3. The van der Waals surface area contributed by atoms with Gasteiger partial charge in [-0.3, -0.25) is 0 Å². The highest BCUT2D eigenvalue weighted by Crippen LogP contribution is 2.29. The van der Waals surface area contributed by atoms with E-state index in [1.54, 1.807) is 19.3 Å². The van der Waals surface area contributed by atoms with Crippen molar-refractivity contribution in [3.8, 4) is 0 Å². The van der Waals surface area contributed by atoms with Gasteiger partial charge in [-0.15, -0.1) is 6.58 Å². The number of methoxy groups -OCH3 is 1. The first-order valence-electron chi connectivity index (χ1n) is 11.0. The van der Waals surface area contributed by atoms with Gasteiger partial charge in [0.2, 0.25) is 0 Å². The van der Waals surface area contributed by atoms with Gasteiger partial charge in [-0.05, 0) is 22.8 Å². The molecule has 0 amide bonds. The maximum Gasteiger partial charge on any atom is 0.331 e. The number of esters is 1. The van der Waals surface area contributed by atoms with Gasteiger partial charge in [0, 0.05) is 19.6 Å². The Morgan fingerprint density at radius 2 is 1.52 bits per heavy atom. The lowest BCUT2D eigenvalue weighted by Crippen LogP contribution is -2.38. The molecule has 3 rings (SSSR count). The second kappa shape index (κ2) is 13.2. The van der Waals surface area contributed by atoms with E-state index in [0.717, 1.165) is 16.7 Å². The molecule has 0 aliphatic rings. The third-order valence-corrected chi connectivity index (χ3v) is 5.21. The summed E-state index contributed by atoms with van der Waals surface area (Å²) in [4.78, 5) is 12.7. The van der Waals surface area contributed by atoms with Crippen molar-refractivity contribution in [2.75, 3.05) is 7.11 Å². The van der Waals surface area contributed by atoms with E-state index in [4.69, 9.17) is 14.2 Å². The molecular formula is C29H30O4. The fourth-order valence-corrected chi connectivity index (χ4v) is 3.59. The fraction of sp³-hybridized carbons (Fsp3) is 0.207. The van der Waals surface area contributed by atoms with Crippen LogP contribution in [0.3, 0.4) is 0 Å². The normalized spacial score (nSPS) is 13.8. The molecule has 4 heteroatoms. The average molecular weight is 443 g/mol. The Morgan fingerprint density at radius 1 is 0.909 bits per heavy atom. The first kappa shape index (κ1) is 24.2. The second-order valence-electron chi connectivity index (χ2n) is 7.57. The zero-order chi connectivity index (χ0) is 23.3. The van der Waals surface area contributed by atoms with Crippen molar-refractivity contribution in [1.82, 2.24) is 0 Å². The predicted octanol–water partition coefficient (Wildman–Crippen LogP) is 6.16. The number of carbonyl (C=O) groups is 1. The molecule has 0 fully saturated rings. The lowest BCUT2D eigenvalue weighted by Gasteiger charge is -2.32. The molecule has 0 aliphatic carbocycles. The molecule has 0 radical (unpaired) electrons. The van der Waals surface area contributed by atoms with Crippen LogP contribution in [0.4, 0.5) is 0 Å². The van der Waals surface area contributed by atoms with E-state index in [2.05, 4.69) is 6.58 Å². The molecule has 0 bridgehead atoms. The van der Waals surface area contributed by atoms with Crippen LogP contribution in [0.5, 0.6) is 0 Å². The molecule has 3 aromatic carbocycles. The van der Waals surface area contributed by atoms with E-state index < -0.39 is 24.3 Å². The standard InChI is InChI=1S/C29H30O4/c1-3-13-26(33-27(30)21-20-23-14-7-4-8-15-23)29(32-22-24-16-9-5-10-17-24)28(31-2)25-18-11-6-12-19-25/h3-12,14-21,26,28-29H,1,13,22H2,2H3/b21-20+/t26-,28-,29+/m1/s1. The molecule has 0 N–H and O–H groups in total. The number of rotatable bonds is 12. The second-order valence-corrected chi connectivity index (χ2v) is 7.57. The lowest BCUT2D eigenvalue weighted by atomic mass is 9.97. The molecule has 3 aromatic rings. The van der Waals surface area contributed by atoms with Crippen molar-refractivity contribution in [2.24, 2.45) is 0 Å². The Balaban J connectivity index is 1.82. The molecule has 4 nitrogen and oxygen atoms in total. The first-order valence-corrected chi connectivity index (χ1v) is 11.0. The molecule has 0 spiro atoms. The first-order chi connectivity index (χ1) is 16.2. The molecule has 0 saturated heterocycles. The van der Waals surface area contributed by atoms with Crippen LogP contribution in [0.1, 0.15) is 29.2 Å². The summed E-state index contributed by atoms with van der Waals surface area (Å²) in [5.41, 5.74) is 2.90. The highest BCUT2D eigenvalue weighted by atomic mass is 16.6. The Morgan fingerprint density at radius 3 is 2.12 bits per heavy atom. The van der Waals surface area contributed by atoms with Crippen molar-refractivity contribution in [3.05, 3.63) is 126 Å². The molecule has 3 atom stereocenters. The highest BCUT2D eigenvalue weighted by molar-refractivity contribution is 5.87. The molecule has 0 heterocycles. The zero-order valence-electron chi connectivity index (χ0n) is 18.9. The maximum atomic E-state index is 12.7. The summed E-state index contributed by atoms with van der Waals surface area (Å²) in [6.45, 7) is 4.22. The molecule has 0 saturated carbocycles. The van der Waals surface area contributed by atoms with Crippen LogP contribution in [0, 0.1) is 0 Å². The van der Waals surface area contributed by atoms with Gasteiger partial charge in [-0.2, -0.15) is 0 Å². The van der Waals surface area contributed by atoms with Crippen LogP contribution < -0.4 is 0 Å². The van der Waals surface area contributed by atoms with Gasteiger partial charge in [0.15, 0.2) is 0 Å². The van der Waals surface area contributed by atoms with Crippen molar-refractivity contribution in [3.63, 3.8) is 0 Å². The summed E-state index contributed by atoms with van der Waals surface area (Å²) in [6.07, 6.45) is 3.79. The van der Waals surface area contributed by atoms with Crippen LogP contribution in [0.15, 0.2) is 110 Å². The fourth-order valence-electron chi connectivity index (χ4n) is 3.59. The number of hydrogen-bond donors (Lipinski definition) is 0. The van der Waals surface area contributed by atoms with Gasteiger partial charge in [-0.25, -0.2) is 4.79 Å². The summed E-state index contributed by atoms with van der Waals surface area (Å²) in [6, 6.07) is 29.3. The molecule has 33 heavy (non-hydrogen) atoms. The Kier molecular flexibility index (Phi) is 9.64. The molecule has 0 unspecified atom stereocenters. The maximum absolute atomic E-state index is 12.7. The molecule has 170 valence electrons. The molecule has 0 aromatic heterocycles. The third-order valence-electron chi connectivity index (χ3n) is 5.21. The zero-order valence-corrected chi connectivity index (χ0v) is 18.9. The SMILES string of the molecule is C=CC[C@@H](OC(=O)/C=C/c1ccccc1)[C@H](OCc1ccccc1)[C@H](OC)c1ccccc1. The lowest BCUT2D eigenvalue weighted by molar-refractivity contribution is -0.164. The van der Waals surface area contributed by atoms with Crippen molar-refractivity contribution < 1.29 is 19.0 Å². The van der Waals surface area contributed by atoms with Gasteiger partial charge in [0.25, 0.3) is 0 Å². The van der Waals surface area contributed by atoms with Gasteiger partial charge >= 0.3 is 5.97 Å². The van der Waals surface area contributed by atoms with E-state index in [1.807, 2.05) is 91.0 Å². The van der Waals surface area contributed by atoms with Gasteiger partial charge in [0.1, 0.15) is 18.3 Å². The topological polar surface area (TPSA) is 44.8 Å². The minimum Gasteiger partial charge on any atom is -0.456 e. The minimum atomic E-state index is -0.579. The average Bonchev–Trinajstić information content (AvgIpc) is 2.87. The van der Waals surface area contributed by atoms with Gasteiger partial charge < -0.3 is 14.2 Å². The Labute approximate surface area is 196 Å². The molecular weight excluding hydrogens is 412 g/mol. The Hall–Kier alpha value is -3.47. The highest BCUT2D eigenvalue weighted by Gasteiger charge is 2.33. The summed E-state index contributed by atoms with van der Waals surface area (Å²) in [5, 5.41) is 0. The summed E-state index contributed by atoms with van der Waals surface area (Å²) >= 11 is 0. The van der Waals surface area contributed by atoms with E-state index in [0.29, 0.717) is 13.0 Å². The van der Waals surface area contributed by atoms with Crippen LogP contribution in [0.2, 0.25) is 0 Å². The number of carbonyl (C=O) groups excluding carboxylic acids is 1. The van der Waals surface area contributed by atoms with Crippen LogP contribution >= 0.6 is 0 Å². The number of ether oxygens (including phenoxy) is 3. The predicted molar refractivity (Wildman–Crippen MR) is 131 cm³/mol. The Bertz CT molecular complexity index is 1000. The number of hydrogen-bond acceptors (Lipinski definition) is 4.